The summed E-state index contributed by atoms with van der Waals surface area (Å²) in [6, 6.07) is 30.0. The summed E-state index contributed by atoms with van der Waals surface area (Å²) in [6.45, 7) is 6.77. The van der Waals surface area contributed by atoms with Crippen LogP contribution < -0.4 is 0 Å². The van der Waals surface area contributed by atoms with Crippen LogP contribution in [0.2, 0.25) is 15.2 Å². The highest BCUT2D eigenvalue weighted by Gasteiger charge is 2.30. The maximum Gasteiger partial charge on any atom is 0.159 e. The Balaban J connectivity index is 0.000000162. The average molecular weight is 786 g/mol. The SMILES string of the molecule is C=C1CC(C#N)C1.CC(=O)c1ccc2nc(-c3ccc(Cl)cc3)c(CC3CC(C#N)C3)nc2c1.CC(=O)c1ccc2nc(-c3ccc(Cl)cc3)c(Cl)nc2c1. The Hall–Kier alpha value is -5.51. The number of aromatic nitrogens is 4. The van der Waals surface area contributed by atoms with Crippen molar-refractivity contribution >= 4 is 68.4 Å². The molecule has 2 aliphatic carbocycles. The second kappa shape index (κ2) is 17.3. The molecule has 11 heteroatoms. The van der Waals surface area contributed by atoms with Gasteiger partial charge in [-0.1, -0.05) is 71.2 Å². The number of allylic oxidation sites excluding steroid dienone is 1. The molecular formula is C44H35Cl3N6O2. The minimum Gasteiger partial charge on any atom is -0.295 e. The number of nitriles is 2. The number of carbonyl (C=O) groups excluding carboxylic acids is 2. The van der Waals surface area contributed by atoms with Crippen LogP contribution in [-0.4, -0.2) is 31.5 Å². The highest BCUT2D eigenvalue weighted by molar-refractivity contribution is 6.32. The van der Waals surface area contributed by atoms with E-state index in [-0.39, 0.29) is 17.5 Å². The van der Waals surface area contributed by atoms with Crippen LogP contribution >= 0.6 is 34.8 Å². The van der Waals surface area contributed by atoms with E-state index in [1.165, 1.54) is 12.5 Å². The van der Waals surface area contributed by atoms with E-state index < -0.39 is 0 Å². The second-order valence-electron chi connectivity index (χ2n) is 13.8. The lowest BCUT2D eigenvalue weighted by atomic mass is 9.73. The van der Waals surface area contributed by atoms with Crippen molar-refractivity contribution in [2.45, 2.75) is 46.0 Å². The lowest BCUT2D eigenvalue weighted by Gasteiger charge is -2.30. The van der Waals surface area contributed by atoms with Gasteiger partial charge in [0.05, 0.1) is 51.5 Å². The molecule has 0 N–H and O–H groups in total. The molecule has 0 unspecified atom stereocenters. The lowest BCUT2D eigenvalue weighted by Crippen LogP contribution is -2.24. The third-order valence-electron chi connectivity index (χ3n) is 9.56. The average Bonchev–Trinajstić information content (AvgIpc) is 3.15. The maximum atomic E-state index is 11.7. The van der Waals surface area contributed by atoms with Crippen LogP contribution in [0.4, 0.5) is 0 Å². The number of hydrogen-bond donors (Lipinski definition) is 0. The molecule has 6 aromatic rings. The van der Waals surface area contributed by atoms with Crippen LogP contribution in [0.25, 0.3) is 44.6 Å². The van der Waals surface area contributed by atoms with Gasteiger partial charge in [-0.3, -0.25) is 9.59 Å². The van der Waals surface area contributed by atoms with Gasteiger partial charge < -0.3 is 0 Å². The quantitative estimate of drug-likeness (QED) is 0.120. The van der Waals surface area contributed by atoms with Crippen molar-refractivity contribution in [2.75, 3.05) is 0 Å². The second-order valence-corrected chi connectivity index (χ2v) is 15.0. The first-order valence-electron chi connectivity index (χ1n) is 17.7. The number of fused-ring (bicyclic) bond motifs is 2. The number of rotatable bonds is 6. The van der Waals surface area contributed by atoms with Gasteiger partial charge in [0.15, 0.2) is 16.7 Å². The van der Waals surface area contributed by atoms with Crippen LogP contribution in [-0.2, 0) is 6.42 Å². The molecule has 55 heavy (non-hydrogen) atoms. The van der Waals surface area contributed by atoms with Gasteiger partial charge in [-0.2, -0.15) is 10.5 Å². The van der Waals surface area contributed by atoms with E-state index in [9.17, 15) is 9.59 Å². The Labute approximate surface area is 334 Å². The molecule has 0 atom stereocenters. The monoisotopic (exact) mass is 784 g/mol. The van der Waals surface area contributed by atoms with Crippen molar-refractivity contribution in [3.63, 3.8) is 0 Å². The van der Waals surface area contributed by atoms with Crippen molar-refractivity contribution < 1.29 is 9.59 Å². The number of carbonyl (C=O) groups is 2. The molecule has 4 aromatic carbocycles. The number of ketones is 2. The summed E-state index contributed by atoms with van der Waals surface area (Å²) < 4.78 is 0. The Morgan fingerprint density at radius 1 is 0.655 bits per heavy atom. The highest BCUT2D eigenvalue weighted by Crippen LogP contribution is 2.37. The number of nitrogens with zero attached hydrogens (tertiary/aromatic N) is 6. The Bertz CT molecular complexity index is 2510. The van der Waals surface area contributed by atoms with Gasteiger partial charge in [0, 0.05) is 38.2 Å². The van der Waals surface area contributed by atoms with Gasteiger partial charge in [0.25, 0.3) is 0 Å². The Kier molecular flexibility index (Phi) is 12.3. The summed E-state index contributed by atoms with van der Waals surface area (Å²) in [5, 5.41) is 18.9. The van der Waals surface area contributed by atoms with Crippen LogP contribution in [0.1, 0.15) is 65.9 Å². The summed E-state index contributed by atoms with van der Waals surface area (Å²) >= 11 is 18.1. The van der Waals surface area contributed by atoms with Gasteiger partial charge in [-0.15, -0.1) is 0 Å². The Morgan fingerprint density at radius 2 is 1.13 bits per heavy atom. The van der Waals surface area contributed by atoms with Crippen LogP contribution in [0, 0.1) is 40.4 Å². The summed E-state index contributed by atoms with van der Waals surface area (Å²) in [6.07, 6.45) is 4.48. The van der Waals surface area contributed by atoms with Crippen molar-refractivity contribution in [2.24, 2.45) is 17.8 Å². The van der Waals surface area contributed by atoms with E-state index in [2.05, 4.69) is 28.7 Å². The molecule has 2 aliphatic rings. The minimum absolute atomic E-state index is 0.0119. The molecular weight excluding hydrogens is 751 g/mol. The molecule has 0 bridgehead atoms. The minimum atomic E-state index is -0.0170. The first-order valence-corrected chi connectivity index (χ1v) is 18.8. The molecule has 2 saturated carbocycles. The molecule has 2 fully saturated rings. The zero-order chi connectivity index (χ0) is 39.2. The molecule has 8 nitrogen and oxygen atoms in total. The van der Waals surface area contributed by atoms with Crippen LogP contribution in [0.3, 0.4) is 0 Å². The molecule has 0 saturated heterocycles. The number of benzene rings is 4. The molecule has 0 aliphatic heterocycles. The zero-order valence-corrected chi connectivity index (χ0v) is 32.5. The van der Waals surface area contributed by atoms with Gasteiger partial charge in [-0.25, -0.2) is 19.9 Å². The van der Waals surface area contributed by atoms with Crippen molar-refractivity contribution in [1.82, 2.24) is 19.9 Å². The van der Waals surface area contributed by atoms with Crippen molar-refractivity contribution in [3.05, 3.63) is 129 Å². The fraction of sp³-hybridized carbons (Fsp3) is 0.227. The molecule has 0 amide bonds. The lowest BCUT2D eigenvalue weighted by molar-refractivity contribution is 0.100. The van der Waals surface area contributed by atoms with Gasteiger partial charge in [0.1, 0.15) is 5.69 Å². The number of hydrogen-bond acceptors (Lipinski definition) is 8. The van der Waals surface area contributed by atoms with Gasteiger partial charge in [-0.05, 0) is 113 Å². The molecule has 0 radical (unpaired) electrons. The third kappa shape index (κ3) is 9.60. The molecule has 8 rings (SSSR count). The maximum absolute atomic E-state index is 11.7. The van der Waals surface area contributed by atoms with Crippen LogP contribution in [0.5, 0.6) is 0 Å². The zero-order valence-electron chi connectivity index (χ0n) is 30.2. The topological polar surface area (TPSA) is 133 Å². The normalized spacial score (nSPS) is 15.9. The smallest absolute Gasteiger partial charge is 0.159 e. The van der Waals surface area contributed by atoms with Gasteiger partial charge >= 0.3 is 0 Å². The van der Waals surface area contributed by atoms with Crippen molar-refractivity contribution in [3.8, 4) is 34.7 Å². The summed E-state index contributed by atoms with van der Waals surface area (Å²) in [5.41, 5.74) is 9.39. The first-order chi connectivity index (χ1) is 26.4. The predicted molar refractivity (Wildman–Crippen MR) is 218 cm³/mol. The fourth-order valence-corrected chi connectivity index (χ4v) is 6.84. The summed E-state index contributed by atoms with van der Waals surface area (Å²) in [7, 11) is 0. The van der Waals surface area contributed by atoms with Crippen molar-refractivity contribution in [1.29, 1.82) is 10.5 Å². The van der Waals surface area contributed by atoms with E-state index in [4.69, 9.17) is 55.3 Å². The molecule has 0 spiro atoms. The van der Waals surface area contributed by atoms with E-state index >= 15 is 0 Å². The number of Topliss-reactive ketones (excluding diaryl/α,β-unsaturated/α-hetero) is 2. The van der Waals surface area contributed by atoms with E-state index in [1.807, 2.05) is 42.5 Å². The summed E-state index contributed by atoms with van der Waals surface area (Å²) in [5.74, 6) is 0.900. The third-order valence-corrected chi connectivity index (χ3v) is 10.3. The fourth-order valence-electron chi connectivity index (χ4n) is 6.34. The molecule has 2 heterocycles. The van der Waals surface area contributed by atoms with Crippen LogP contribution in [0.15, 0.2) is 97.1 Å². The summed E-state index contributed by atoms with van der Waals surface area (Å²) in [4.78, 5) is 41.7. The van der Waals surface area contributed by atoms with E-state index in [0.29, 0.717) is 54.9 Å². The van der Waals surface area contributed by atoms with E-state index in [1.54, 1.807) is 49.4 Å². The number of halogens is 3. The standard InChI is InChI=1S/C22H18ClN3O.C16H10Cl2N2O.C6H7N/c1-13(27)17-4-7-19-20(11-17)25-21(10-14-8-15(9-14)12-24)22(26-19)16-2-5-18(23)6-3-16;1-9(21)11-4-7-13-14(8-11)20-16(18)15(19-13)10-2-5-12(17)6-3-10;1-5-2-6(3-5)4-7/h2-7,11,14-15H,8-10H2,1H3;2-8H,1H3;6H,1-3H2. The van der Waals surface area contributed by atoms with E-state index in [0.717, 1.165) is 65.7 Å². The molecule has 2 aromatic heterocycles. The predicted octanol–water partition coefficient (Wildman–Crippen LogP) is 11.5. The Morgan fingerprint density at radius 3 is 1.58 bits per heavy atom. The van der Waals surface area contributed by atoms with Gasteiger partial charge in [0.2, 0.25) is 0 Å². The molecule has 274 valence electrons. The first kappa shape index (κ1) is 39.2. The largest absolute Gasteiger partial charge is 0.295 e. The highest BCUT2D eigenvalue weighted by atomic mass is 35.5.